The molecular formula is C20H21ClN2O3S. The van der Waals surface area contributed by atoms with Gasteiger partial charge in [-0.1, -0.05) is 35.9 Å². The van der Waals surface area contributed by atoms with E-state index in [0.29, 0.717) is 11.3 Å². The molecule has 0 aliphatic heterocycles. The van der Waals surface area contributed by atoms with E-state index in [4.69, 9.17) is 11.6 Å². The minimum atomic E-state index is -3.97. The average molecular weight is 405 g/mol. The second kappa shape index (κ2) is 7.74. The van der Waals surface area contributed by atoms with Crippen molar-refractivity contribution in [2.24, 2.45) is 0 Å². The number of benzene rings is 2. The monoisotopic (exact) mass is 404 g/mol. The number of nitrogens with zero attached hydrogens (tertiary/aromatic N) is 2. The molecule has 0 heterocycles. The number of hydrogen-bond acceptors (Lipinski definition) is 3. The number of sulfonamides is 1. The summed E-state index contributed by atoms with van der Waals surface area (Å²) in [6.45, 7) is 3.74. The Bertz CT molecular complexity index is 956. The number of halogens is 1. The fourth-order valence-electron chi connectivity index (χ4n) is 2.84. The normalized spacial score (nSPS) is 13.9. The molecule has 2 aromatic rings. The van der Waals surface area contributed by atoms with Crippen molar-refractivity contribution >= 4 is 33.2 Å². The van der Waals surface area contributed by atoms with E-state index >= 15 is 0 Å². The third kappa shape index (κ3) is 4.01. The SMILES string of the molecule is C=CCN(c1ccccc1)S(=O)(=O)c1cc(C(=O)N(C)C2CC2)ccc1Cl. The zero-order valence-electron chi connectivity index (χ0n) is 15.0. The van der Waals surface area contributed by atoms with E-state index in [1.54, 1.807) is 42.3 Å². The van der Waals surface area contributed by atoms with Crippen molar-refractivity contribution in [2.45, 2.75) is 23.8 Å². The summed E-state index contributed by atoms with van der Waals surface area (Å²) in [5, 5.41) is 0.0746. The summed E-state index contributed by atoms with van der Waals surface area (Å²) in [5.74, 6) is -0.208. The highest BCUT2D eigenvalue weighted by Gasteiger charge is 2.32. The molecule has 0 unspecified atom stereocenters. The standard InChI is InChI=1S/C20H21ClN2O3S/c1-3-13-23(17-7-5-4-6-8-17)27(25,26)19-14-15(9-12-18(19)21)20(24)22(2)16-10-11-16/h3-9,12,14,16H,1,10-11,13H2,2H3. The molecule has 7 heteroatoms. The van der Waals surface area contributed by atoms with Gasteiger partial charge in [0, 0.05) is 18.7 Å². The highest BCUT2D eigenvalue weighted by atomic mass is 35.5. The van der Waals surface area contributed by atoms with Crippen LogP contribution < -0.4 is 4.31 Å². The maximum atomic E-state index is 13.3. The van der Waals surface area contributed by atoms with Crippen molar-refractivity contribution < 1.29 is 13.2 Å². The molecule has 1 aliphatic rings. The van der Waals surface area contributed by atoms with Crippen molar-refractivity contribution in [1.82, 2.24) is 4.90 Å². The van der Waals surface area contributed by atoms with E-state index in [1.165, 1.54) is 22.5 Å². The number of hydrogen-bond donors (Lipinski definition) is 0. The Morgan fingerprint density at radius 1 is 1.22 bits per heavy atom. The Balaban J connectivity index is 2.03. The molecule has 0 bridgehead atoms. The molecule has 27 heavy (non-hydrogen) atoms. The highest BCUT2D eigenvalue weighted by Crippen LogP contribution is 2.31. The fraction of sp³-hybridized carbons (Fsp3) is 0.250. The topological polar surface area (TPSA) is 57.7 Å². The van der Waals surface area contributed by atoms with Crippen LogP contribution in [0.25, 0.3) is 0 Å². The predicted molar refractivity (Wildman–Crippen MR) is 108 cm³/mol. The number of carbonyl (C=O) groups is 1. The van der Waals surface area contributed by atoms with Crippen LogP contribution in [-0.4, -0.2) is 38.9 Å². The van der Waals surface area contributed by atoms with Crippen molar-refractivity contribution in [3.8, 4) is 0 Å². The molecular weight excluding hydrogens is 384 g/mol. The minimum Gasteiger partial charge on any atom is -0.339 e. The van der Waals surface area contributed by atoms with Crippen LogP contribution in [0.2, 0.25) is 5.02 Å². The number of rotatable bonds is 7. The van der Waals surface area contributed by atoms with E-state index in [2.05, 4.69) is 6.58 Å². The Kier molecular flexibility index (Phi) is 5.58. The largest absolute Gasteiger partial charge is 0.339 e. The molecule has 5 nitrogen and oxygen atoms in total. The van der Waals surface area contributed by atoms with Gasteiger partial charge in [0.1, 0.15) is 4.90 Å². The van der Waals surface area contributed by atoms with Crippen molar-refractivity contribution in [3.63, 3.8) is 0 Å². The maximum absolute atomic E-state index is 13.3. The molecule has 0 saturated heterocycles. The second-order valence-corrected chi connectivity index (χ2v) is 8.69. The van der Waals surface area contributed by atoms with E-state index in [9.17, 15) is 13.2 Å². The first-order valence-corrected chi connectivity index (χ1v) is 10.4. The quantitative estimate of drug-likeness (QED) is 0.656. The molecule has 1 amide bonds. The summed E-state index contributed by atoms with van der Waals surface area (Å²) in [4.78, 5) is 14.2. The molecule has 0 atom stereocenters. The predicted octanol–water partition coefficient (Wildman–Crippen LogP) is 3.96. The Morgan fingerprint density at radius 2 is 1.89 bits per heavy atom. The van der Waals surface area contributed by atoms with Gasteiger partial charge >= 0.3 is 0 Å². The van der Waals surface area contributed by atoms with Crippen LogP contribution in [0.3, 0.4) is 0 Å². The Morgan fingerprint density at radius 3 is 2.48 bits per heavy atom. The van der Waals surface area contributed by atoms with Crippen molar-refractivity contribution in [3.05, 3.63) is 71.8 Å². The molecule has 1 aliphatic carbocycles. The molecule has 2 aromatic carbocycles. The molecule has 3 rings (SSSR count). The average Bonchev–Trinajstić information content (AvgIpc) is 3.51. The molecule has 0 radical (unpaired) electrons. The lowest BCUT2D eigenvalue weighted by Crippen LogP contribution is -2.32. The number of carbonyl (C=O) groups excluding carboxylic acids is 1. The summed E-state index contributed by atoms with van der Waals surface area (Å²) in [7, 11) is -2.24. The van der Waals surface area contributed by atoms with Crippen LogP contribution in [-0.2, 0) is 10.0 Å². The lowest BCUT2D eigenvalue weighted by Gasteiger charge is -2.24. The van der Waals surface area contributed by atoms with E-state index in [1.807, 2.05) is 6.07 Å². The van der Waals surface area contributed by atoms with Gasteiger partial charge in [0.15, 0.2) is 0 Å². The molecule has 1 fully saturated rings. The zero-order chi connectivity index (χ0) is 19.6. The van der Waals surface area contributed by atoms with Crippen LogP contribution in [0.15, 0.2) is 66.1 Å². The molecule has 1 saturated carbocycles. The first-order chi connectivity index (χ1) is 12.9. The maximum Gasteiger partial charge on any atom is 0.266 e. The van der Waals surface area contributed by atoms with Crippen LogP contribution in [0.1, 0.15) is 23.2 Å². The van der Waals surface area contributed by atoms with Crippen LogP contribution >= 0.6 is 11.6 Å². The fourth-order valence-corrected chi connectivity index (χ4v) is 4.78. The van der Waals surface area contributed by atoms with Gasteiger partial charge in [0.25, 0.3) is 15.9 Å². The second-order valence-electron chi connectivity index (χ2n) is 6.45. The van der Waals surface area contributed by atoms with Gasteiger partial charge in [-0.05, 0) is 43.2 Å². The van der Waals surface area contributed by atoms with Gasteiger partial charge < -0.3 is 4.90 Å². The molecule has 0 spiro atoms. The van der Waals surface area contributed by atoms with E-state index in [-0.39, 0.29) is 28.4 Å². The number of para-hydroxylation sites is 1. The van der Waals surface area contributed by atoms with Gasteiger partial charge in [-0.2, -0.15) is 0 Å². The number of amides is 1. The van der Waals surface area contributed by atoms with E-state index in [0.717, 1.165) is 12.8 Å². The zero-order valence-corrected chi connectivity index (χ0v) is 16.6. The van der Waals surface area contributed by atoms with Gasteiger partial charge in [0.05, 0.1) is 17.3 Å². The molecule has 0 aromatic heterocycles. The third-order valence-corrected chi connectivity index (χ3v) is 6.78. The third-order valence-electron chi connectivity index (χ3n) is 4.50. The first kappa shape index (κ1) is 19.5. The summed E-state index contributed by atoms with van der Waals surface area (Å²) in [5.41, 5.74) is 0.805. The lowest BCUT2D eigenvalue weighted by atomic mass is 10.2. The summed E-state index contributed by atoms with van der Waals surface area (Å²) in [6.07, 6.45) is 3.46. The molecule has 0 N–H and O–H groups in total. The molecule has 142 valence electrons. The first-order valence-electron chi connectivity index (χ1n) is 8.61. The van der Waals surface area contributed by atoms with Gasteiger partial charge in [-0.25, -0.2) is 8.42 Å². The summed E-state index contributed by atoms with van der Waals surface area (Å²) in [6, 6.07) is 13.3. The van der Waals surface area contributed by atoms with Crippen LogP contribution in [0, 0.1) is 0 Å². The van der Waals surface area contributed by atoms with Crippen LogP contribution in [0.5, 0.6) is 0 Å². The Labute approximate surface area is 164 Å². The minimum absolute atomic E-state index is 0.0746. The summed E-state index contributed by atoms with van der Waals surface area (Å²) >= 11 is 6.22. The van der Waals surface area contributed by atoms with Crippen molar-refractivity contribution in [1.29, 1.82) is 0 Å². The summed E-state index contributed by atoms with van der Waals surface area (Å²) < 4.78 is 27.8. The van der Waals surface area contributed by atoms with Crippen LogP contribution in [0.4, 0.5) is 5.69 Å². The van der Waals surface area contributed by atoms with Crippen molar-refractivity contribution in [2.75, 3.05) is 17.9 Å². The number of anilines is 1. The highest BCUT2D eigenvalue weighted by molar-refractivity contribution is 7.93. The smallest absolute Gasteiger partial charge is 0.266 e. The van der Waals surface area contributed by atoms with E-state index < -0.39 is 10.0 Å². The van der Waals surface area contributed by atoms with Gasteiger partial charge in [-0.15, -0.1) is 6.58 Å². The lowest BCUT2D eigenvalue weighted by molar-refractivity contribution is 0.0785. The van der Waals surface area contributed by atoms with Gasteiger partial charge in [0.2, 0.25) is 0 Å². The Hall–Kier alpha value is -2.31. The van der Waals surface area contributed by atoms with Gasteiger partial charge in [-0.3, -0.25) is 9.10 Å².